The first-order valence-electron chi connectivity index (χ1n) is 10.3. The van der Waals surface area contributed by atoms with E-state index in [9.17, 15) is 9.59 Å². The summed E-state index contributed by atoms with van der Waals surface area (Å²) in [5.41, 5.74) is 3.69. The van der Waals surface area contributed by atoms with Crippen LogP contribution in [0, 0.1) is 0 Å². The van der Waals surface area contributed by atoms with Crippen molar-refractivity contribution in [3.8, 4) is 0 Å². The summed E-state index contributed by atoms with van der Waals surface area (Å²) in [4.78, 5) is 27.7. The van der Waals surface area contributed by atoms with Crippen molar-refractivity contribution in [2.24, 2.45) is 0 Å². The van der Waals surface area contributed by atoms with E-state index in [-0.39, 0.29) is 16.7 Å². The van der Waals surface area contributed by atoms with Crippen molar-refractivity contribution in [2.75, 3.05) is 17.3 Å². The predicted molar refractivity (Wildman–Crippen MR) is 140 cm³/mol. The molecule has 0 aliphatic carbocycles. The van der Waals surface area contributed by atoms with Gasteiger partial charge in [-0.3, -0.25) is 9.59 Å². The molecule has 0 radical (unpaired) electrons. The van der Waals surface area contributed by atoms with Gasteiger partial charge in [0.05, 0.1) is 10.6 Å². The number of carbonyl (C=O) groups is 2. The number of anilines is 3. The zero-order valence-electron chi connectivity index (χ0n) is 18.1. The van der Waals surface area contributed by atoms with E-state index >= 15 is 0 Å². The molecule has 7 heteroatoms. The number of carbonyl (C=O) groups excluding carboxylic acids is 2. The van der Waals surface area contributed by atoms with Gasteiger partial charge in [-0.15, -0.1) is 0 Å². The molecule has 4 aromatic carbocycles. The van der Waals surface area contributed by atoms with E-state index in [2.05, 4.69) is 5.32 Å². The van der Waals surface area contributed by atoms with Crippen LogP contribution in [-0.4, -0.2) is 18.7 Å². The largest absolute Gasteiger partial charge is 0.345 e. The van der Waals surface area contributed by atoms with Crippen molar-refractivity contribution in [3.63, 3.8) is 0 Å². The quantitative estimate of drug-likeness (QED) is 0.269. The van der Waals surface area contributed by atoms with Crippen molar-refractivity contribution in [3.05, 3.63) is 123 Å². The van der Waals surface area contributed by atoms with E-state index < -0.39 is 0 Å². The van der Waals surface area contributed by atoms with Crippen LogP contribution in [0.4, 0.5) is 17.1 Å². The third-order valence-electron chi connectivity index (χ3n) is 5.29. The molecule has 4 aromatic rings. The molecule has 0 fully saturated rings. The molecule has 0 heterocycles. The number of ketones is 1. The number of amides is 1. The van der Waals surface area contributed by atoms with Gasteiger partial charge in [0.15, 0.2) is 5.78 Å². The van der Waals surface area contributed by atoms with Gasteiger partial charge in [0.1, 0.15) is 0 Å². The first kappa shape index (κ1) is 23.8. The third kappa shape index (κ3) is 5.42. The Balaban J connectivity index is 1.49. The lowest BCUT2D eigenvalue weighted by Crippen LogP contribution is -2.13. The van der Waals surface area contributed by atoms with Crippen molar-refractivity contribution in [2.45, 2.75) is 0 Å². The topological polar surface area (TPSA) is 49.4 Å². The monoisotopic (exact) mass is 508 g/mol. The lowest BCUT2D eigenvalue weighted by Gasteiger charge is -2.19. The second kappa shape index (κ2) is 10.3. The van der Waals surface area contributed by atoms with Crippen LogP contribution in [0.5, 0.6) is 0 Å². The Morgan fingerprint density at radius 3 is 1.97 bits per heavy atom. The average Bonchev–Trinajstić information content (AvgIpc) is 2.84. The molecule has 4 rings (SSSR count). The Morgan fingerprint density at radius 1 is 0.706 bits per heavy atom. The molecular weight excluding hydrogens is 491 g/mol. The summed E-state index contributed by atoms with van der Waals surface area (Å²) < 4.78 is 0. The van der Waals surface area contributed by atoms with Gasteiger partial charge in [0.25, 0.3) is 5.91 Å². The molecule has 4 nitrogen and oxygen atoms in total. The molecule has 0 saturated heterocycles. The number of hydrogen-bond donors (Lipinski definition) is 1. The first-order valence-corrected chi connectivity index (χ1v) is 11.5. The Morgan fingerprint density at radius 2 is 1.32 bits per heavy atom. The highest BCUT2D eigenvalue weighted by atomic mass is 35.5. The molecule has 1 amide bonds. The molecule has 0 unspecified atom stereocenters. The molecule has 0 atom stereocenters. The fourth-order valence-electron chi connectivity index (χ4n) is 3.43. The van der Waals surface area contributed by atoms with Crippen molar-refractivity contribution >= 4 is 63.6 Å². The van der Waals surface area contributed by atoms with Crippen LogP contribution in [0.1, 0.15) is 26.3 Å². The van der Waals surface area contributed by atoms with Crippen LogP contribution >= 0.6 is 34.8 Å². The maximum atomic E-state index is 13.1. The SMILES string of the molecule is CN(c1ccc(Cl)cc1)c1ccc(C(=O)c2cccc(NC(=O)c3ccc(Cl)cc3Cl)c2)cc1. The summed E-state index contributed by atoms with van der Waals surface area (Å²) >= 11 is 18.0. The zero-order chi connectivity index (χ0) is 24.2. The summed E-state index contributed by atoms with van der Waals surface area (Å²) in [6.07, 6.45) is 0. The Kier molecular flexibility index (Phi) is 7.23. The average molecular weight is 510 g/mol. The lowest BCUT2D eigenvalue weighted by molar-refractivity contribution is 0.102. The minimum atomic E-state index is -0.388. The molecule has 0 aliphatic heterocycles. The molecule has 1 N–H and O–H groups in total. The van der Waals surface area contributed by atoms with E-state index in [1.54, 1.807) is 48.5 Å². The van der Waals surface area contributed by atoms with E-state index in [4.69, 9.17) is 34.8 Å². The van der Waals surface area contributed by atoms with Crippen LogP contribution in [-0.2, 0) is 0 Å². The Hall–Kier alpha value is -3.31. The van der Waals surface area contributed by atoms with Crippen molar-refractivity contribution in [1.82, 2.24) is 0 Å². The molecule has 170 valence electrons. The summed E-state index contributed by atoms with van der Waals surface area (Å²) in [7, 11) is 1.94. The minimum Gasteiger partial charge on any atom is -0.345 e. The van der Waals surface area contributed by atoms with Gasteiger partial charge in [0, 0.05) is 45.3 Å². The molecule has 0 aliphatic rings. The highest BCUT2D eigenvalue weighted by molar-refractivity contribution is 6.37. The molecule has 0 aromatic heterocycles. The van der Waals surface area contributed by atoms with Gasteiger partial charge in [-0.1, -0.05) is 46.9 Å². The second-order valence-corrected chi connectivity index (χ2v) is 8.85. The normalized spacial score (nSPS) is 10.6. The maximum Gasteiger partial charge on any atom is 0.257 e. The Labute approximate surface area is 212 Å². The van der Waals surface area contributed by atoms with Crippen LogP contribution in [0.2, 0.25) is 15.1 Å². The highest BCUT2D eigenvalue weighted by Crippen LogP contribution is 2.26. The minimum absolute atomic E-state index is 0.152. The van der Waals surface area contributed by atoms with E-state index in [0.29, 0.717) is 32.4 Å². The maximum absolute atomic E-state index is 13.1. The van der Waals surface area contributed by atoms with E-state index in [1.807, 2.05) is 48.3 Å². The van der Waals surface area contributed by atoms with Crippen molar-refractivity contribution in [1.29, 1.82) is 0 Å². The highest BCUT2D eigenvalue weighted by Gasteiger charge is 2.14. The van der Waals surface area contributed by atoms with Gasteiger partial charge in [-0.25, -0.2) is 0 Å². The second-order valence-electron chi connectivity index (χ2n) is 7.57. The number of benzene rings is 4. The van der Waals surface area contributed by atoms with Crippen LogP contribution in [0.3, 0.4) is 0 Å². The number of nitrogens with zero attached hydrogens (tertiary/aromatic N) is 1. The fraction of sp³-hybridized carbons (Fsp3) is 0.0370. The van der Waals surface area contributed by atoms with Crippen molar-refractivity contribution < 1.29 is 9.59 Å². The van der Waals surface area contributed by atoms with Gasteiger partial charge in [-0.2, -0.15) is 0 Å². The smallest absolute Gasteiger partial charge is 0.257 e. The first-order chi connectivity index (χ1) is 16.3. The Bertz CT molecular complexity index is 1350. The van der Waals surface area contributed by atoms with Crippen LogP contribution in [0.15, 0.2) is 91.0 Å². The molecule has 0 bridgehead atoms. The van der Waals surface area contributed by atoms with E-state index in [0.717, 1.165) is 11.4 Å². The van der Waals surface area contributed by atoms with Gasteiger partial charge in [0.2, 0.25) is 0 Å². The number of rotatable bonds is 6. The summed E-state index contributed by atoms with van der Waals surface area (Å²) in [6, 6.07) is 26.3. The lowest BCUT2D eigenvalue weighted by atomic mass is 10.0. The number of halogens is 3. The predicted octanol–water partition coefficient (Wildman–Crippen LogP) is 7.90. The zero-order valence-corrected chi connectivity index (χ0v) is 20.3. The molecular formula is C27H19Cl3N2O2. The van der Waals surface area contributed by atoms with Gasteiger partial charge >= 0.3 is 0 Å². The number of nitrogens with one attached hydrogen (secondary N) is 1. The van der Waals surface area contributed by atoms with Gasteiger partial charge < -0.3 is 10.2 Å². The summed E-state index contributed by atoms with van der Waals surface area (Å²) in [5, 5.41) is 4.15. The van der Waals surface area contributed by atoms with E-state index in [1.165, 1.54) is 6.07 Å². The van der Waals surface area contributed by atoms with Gasteiger partial charge in [-0.05, 0) is 78.9 Å². The third-order valence-corrected chi connectivity index (χ3v) is 6.09. The number of hydrogen-bond acceptors (Lipinski definition) is 3. The summed E-state index contributed by atoms with van der Waals surface area (Å²) in [6.45, 7) is 0. The van der Waals surface area contributed by atoms with Crippen LogP contribution in [0.25, 0.3) is 0 Å². The molecule has 0 saturated carbocycles. The van der Waals surface area contributed by atoms with Crippen LogP contribution < -0.4 is 10.2 Å². The molecule has 0 spiro atoms. The molecule has 34 heavy (non-hydrogen) atoms. The fourth-order valence-corrected chi connectivity index (χ4v) is 4.05. The summed E-state index contributed by atoms with van der Waals surface area (Å²) in [5.74, 6) is -0.540. The standard InChI is InChI=1S/C27H19Cl3N2O2/c1-32(23-12-7-19(28)8-13-23)22-10-5-17(6-11-22)26(33)18-3-2-4-21(15-18)31-27(34)24-14-9-20(29)16-25(24)30/h2-16H,1H3,(H,31,34).